The third-order valence-electron chi connectivity index (χ3n) is 4.89. The number of nitro groups is 1. The molecule has 4 rings (SSSR count). The van der Waals surface area contributed by atoms with Gasteiger partial charge in [0, 0.05) is 25.0 Å². The lowest BCUT2D eigenvalue weighted by Crippen LogP contribution is -2.34. The molecule has 0 spiro atoms. The molecule has 8 heteroatoms. The highest BCUT2D eigenvalue weighted by Crippen LogP contribution is 2.39. The molecule has 2 aliphatic rings. The van der Waals surface area contributed by atoms with Crippen LogP contribution in [0.15, 0.2) is 24.5 Å². The Bertz CT molecular complexity index is 766. The fourth-order valence-corrected chi connectivity index (χ4v) is 3.50. The van der Waals surface area contributed by atoms with E-state index in [-0.39, 0.29) is 0 Å². The monoisotopic (exact) mass is 331 g/mol. The smallest absolute Gasteiger partial charge is 0.327 e. The number of halogens is 1. The van der Waals surface area contributed by atoms with Crippen molar-refractivity contribution in [3.63, 3.8) is 0 Å². The van der Waals surface area contributed by atoms with Gasteiger partial charge in [-0.05, 0) is 37.8 Å². The molecule has 0 atom stereocenters. The van der Waals surface area contributed by atoms with Crippen molar-refractivity contribution in [2.75, 3.05) is 18.0 Å². The molecular formula is C16H18FN5O2. The van der Waals surface area contributed by atoms with Crippen LogP contribution in [0, 0.1) is 15.9 Å². The fraction of sp³-hybridized carbons (Fsp3) is 0.500. The third kappa shape index (κ3) is 2.61. The normalized spacial score (nSPS) is 18.8. The summed E-state index contributed by atoms with van der Waals surface area (Å²) in [4.78, 5) is 12.4. The van der Waals surface area contributed by atoms with Gasteiger partial charge in [-0.3, -0.25) is 10.1 Å². The Morgan fingerprint density at radius 3 is 2.62 bits per heavy atom. The molecule has 2 aromatic rings. The standard InChI is InChI=1S/C16H18FN5O2/c17-13-2-1-3-14(15(13)22(23)24)20-8-6-11(7-9-20)16-19-18-10-21(16)12-4-5-12/h1-3,10-12H,4-9H2. The van der Waals surface area contributed by atoms with Gasteiger partial charge in [-0.2, -0.15) is 4.39 Å². The zero-order valence-corrected chi connectivity index (χ0v) is 13.1. The maximum absolute atomic E-state index is 13.8. The van der Waals surface area contributed by atoms with Crippen molar-refractivity contribution in [2.45, 2.75) is 37.6 Å². The van der Waals surface area contributed by atoms with E-state index in [1.807, 2.05) is 4.90 Å². The highest BCUT2D eigenvalue weighted by Gasteiger charge is 2.32. The van der Waals surface area contributed by atoms with E-state index in [9.17, 15) is 14.5 Å². The molecule has 7 nitrogen and oxygen atoms in total. The van der Waals surface area contributed by atoms with E-state index in [1.165, 1.54) is 18.9 Å². The summed E-state index contributed by atoms with van der Waals surface area (Å²) in [6, 6.07) is 4.81. The van der Waals surface area contributed by atoms with Crippen LogP contribution < -0.4 is 4.90 Å². The zero-order chi connectivity index (χ0) is 16.7. The van der Waals surface area contributed by atoms with E-state index < -0.39 is 16.4 Å². The summed E-state index contributed by atoms with van der Waals surface area (Å²) < 4.78 is 16.0. The first-order valence-corrected chi connectivity index (χ1v) is 8.22. The molecule has 1 saturated carbocycles. The van der Waals surface area contributed by atoms with Gasteiger partial charge >= 0.3 is 5.69 Å². The predicted octanol–water partition coefficient (Wildman–Crippen LogP) is 3.04. The molecule has 2 heterocycles. The summed E-state index contributed by atoms with van der Waals surface area (Å²) in [6.45, 7) is 1.29. The summed E-state index contributed by atoms with van der Waals surface area (Å²) in [6.07, 6.45) is 5.83. The molecule has 1 aromatic carbocycles. The van der Waals surface area contributed by atoms with Crippen molar-refractivity contribution < 1.29 is 9.31 Å². The van der Waals surface area contributed by atoms with Crippen LogP contribution in [-0.2, 0) is 0 Å². The van der Waals surface area contributed by atoms with Gasteiger partial charge in [-0.1, -0.05) is 6.07 Å². The second-order valence-corrected chi connectivity index (χ2v) is 6.45. The van der Waals surface area contributed by atoms with E-state index in [2.05, 4.69) is 14.8 Å². The van der Waals surface area contributed by atoms with Gasteiger partial charge in [0.2, 0.25) is 5.82 Å². The van der Waals surface area contributed by atoms with Gasteiger partial charge in [-0.25, -0.2) is 0 Å². The number of piperidine rings is 1. The molecule has 0 N–H and O–H groups in total. The minimum atomic E-state index is -0.784. The second-order valence-electron chi connectivity index (χ2n) is 6.45. The second kappa shape index (κ2) is 5.85. The largest absolute Gasteiger partial charge is 0.366 e. The molecule has 1 aliphatic heterocycles. The number of benzene rings is 1. The maximum Gasteiger partial charge on any atom is 0.327 e. The summed E-state index contributed by atoms with van der Waals surface area (Å²) in [5.41, 5.74) is -0.0702. The van der Waals surface area contributed by atoms with Gasteiger partial charge in [0.1, 0.15) is 17.8 Å². The zero-order valence-electron chi connectivity index (χ0n) is 13.1. The molecule has 1 aromatic heterocycles. The van der Waals surface area contributed by atoms with Crippen molar-refractivity contribution in [3.8, 4) is 0 Å². The van der Waals surface area contributed by atoms with Crippen molar-refractivity contribution in [1.29, 1.82) is 0 Å². The van der Waals surface area contributed by atoms with Crippen molar-refractivity contribution in [1.82, 2.24) is 14.8 Å². The number of nitrogens with zero attached hydrogens (tertiary/aromatic N) is 5. The Labute approximate surface area is 138 Å². The number of para-hydroxylation sites is 1. The Kier molecular flexibility index (Phi) is 3.66. The minimum Gasteiger partial charge on any atom is -0.366 e. The maximum atomic E-state index is 13.8. The van der Waals surface area contributed by atoms with Gasteiger partial charge in [0.15, 0.2) is 0 Å². The van der Waals surface area contributed by atoms with E-state index in [1.54, 1.807) is 12.4 Å². The third-order valence-corrected chi connectivity index (χ3v) is 4.89. The van der Waals surface area contributed by atoms with Crippen LogP contribution in [0.1, 0.15) is 43.5 Å². The lowest BCUT2D eigenvalue weighted by Gasteiger charge is -2.33. The molecule has 0 bridgehead atoms. The number of hydrogen-bond acceptors (Lipinski definition) is 5. The minimum absolute atomic E-state index is 0.303. The summed E-state index contributed by atoms with van der Waals surface area (Å²) in [5, 5.41) is 19.5. The first-order valence-electron chi connectivity index (χ1n) is 8.22. The summed E-state index contributed by atoms with van der Waals surface area (Å²) in [5.74, 6) is 0.538. The van der Waals surface area contributed by atoms with Crippen molar-refractivity contribution in [2.24, 2.45) is 0 Å². The van der Waals surface area contributed by atoms with E-state index in [0.29, 0.717) is 30.7 Å². The van der Waals surface area contributed by atoms with Crippen LogP contribution in [0.4, 0.5) is 15.8 Å². The summed E-state index contributed by atoms with van der Waals surface area (Å²) >= 11 is 0. The number of anilines is 1. The van der Waals surface area contributed by atoms with Crippen LogP contribution in [0.2, 0.25) is 0 Å². The lowest BCUT2D eigenvalue weighted by atomic mass is 9.95. The van der Waals surface area contributed by atoms with Crippen LogP contribution in [0.25, 0.3) is 0 Å². The average Bonchev–Trinajstić information content (AvgIpc) is 3.31. The first-order chi connectivity index (χ1) is 11.6. The molecule has 1 aliphatic carbocycles. The van der Waals surface area contributed by atoms with Crippen molar-refractivity contribution >= 4 is 11.4 Å². The molecule has 1 saturated heterocycles. The molecule has 126 valence electrons. The molecular weight excluding hydrogens is 313 g/mol. The predicted molar refractivity (Wildman–Crippen MR) is 85.5 cm³/mol. The molecule has 2 fully saturated rings. The Morgan fingerprint density at radius 1 is 1.21 bits per heavy atom. The summed E-state index contributed by atoms with van der Waals surface area (Å²) in [7, 11) is 0. The van der Waals surface area contributed by atoms with Crippen LogP contribution in [0.5, 0.6) is 0 Å². The van der Waals surface area contributed by atoms with Crippen molar-refractivity contribution in [3.05, 3.63) is 46.3 Å². The van der Waals surface area contributed by atoms with E-state index in [4.69, 9.17) is 0 Å². The number of nitro benzene ring substituents is 1. The Hall–Kier alpha value is -2.51. The Morgan fingerprint density at radius 2 is 1.96 bits per heavy atom. The van der Waals surface area contributed by atoms with Gasteiger partial charge in [0.25, 0.3) is 0 Å². The molecule has 0 amide bonds. The number of hydrogen-bond donors (Lipinski definition) is 0. The number of rotatable bonds is 4. The van der Waals surface area contributed by atoms with Gasteiger partial charge in [-0.15, -0.1) is 10.2 Å². The molecule has 0 radical (unpaired) electrons. The number of aromatic nitrogens is 3. The quantitative estimate of drug-likeness (QED) is 0.636. The lowest BCUT2D eigenvalue weighted by molar-refractivity contribution is -0.386. The van der Waals surface area contributed by atoms with Gasteiger partial charge in [0.05, 0.1) is 4.92 Å². The van der Waals surface area contributed by atoms with E-state index in [0.717, 1.165) is 24.7 Å². The van der Waals surface area contributed by atoms with E-state index >= 15 is 0 Å². The van der Waals surface area contributed by atoms with Crippen LogP contribution >= 0.6 is 0 Å². The molecule has 0 unspecified atom stereocenters. The Balaban J connectivity index is 1.52. The highest BCUT2D eigenvalue weighted by molar-refractivity contribution is 5.64. The van der Waals surface area contributed by atoms with Crippen LogP contribution in [0.3, 0.4) is 0 Å². The highest BCUT2D eigenvalue weighted by atomic mass is 19.1. The SMILES string of the molecule is O=[N+]([O-])c1c(F)cccc1N1CCC(c2nncn2C2CC2)CC1. The molecule has 24 heavy (non-hydrogen) atoms. The average molecular weight is 331 g/mol. The first kappa shape index (κ1) is 15.0. The fourth-order valence-electron chi connectivity index (χ4n) is 3.50. The van der Waals surface area contributed by atoms with Crippen LogP contribution in [-0.4, -0.2) is 32.8 Å². The van der Waals surface area contributed by atoms with Gasteiger partial charge < -0.3 is 9.47 Å². The topological polar surface area (TPSA) is 77.1 Å².